The Morgan fingerprint density at radius 3 is 2.44 bits per heavy atom. The largest absolute Gasteiger partial charge is 0.497 e. The van der Waals surface area contributed by atoms with E-state index in [2.05, 4.69) is 0 Å². The van der Waals surface area contributed by atoms with Crippen molar-refractivity contribution in [1.82, 2.24) is 0 Å². The lowest BCUT2D eigenvalue weighted by Crippen LogP contribution is -2.04. The first kappa shape index (κ1) is 18.5. The monoisotopic (exact) mass is 372 g/mol. The number of allylic oxidation sites excluding steroid dienone is 1. The van der Waals surface area contributed by atoms with E-state index in [1.807, 2.05) is 0 Å². The van der Waals surface area contributed by atoms with E-state index in [4.69, 9.17) is 9.15 Å². The Hall–Kier alpha value is -3.28. The van der Waals surface area contributed by atoms with Crippen LogP contribution in [0.4, 0.5) is 13.2 Å². The summed E-state index contributed by atoms with van der Waals surface area (Å²) in [5.74, 6) is 1.07. The molecule has 0 amide bonds. The van der Waals surface area contributed by atoms with Crippen molar-refractivity contribution in [2.75, 3.05) is 7.11 Å². The normalized spacial score (nSPS) is 11.7. The van der Waals surface area contributed by atoms with Crippen LogP contribution in [0.5, 0.6) is 5.75 Å². The van der Waals surface area contributed by atoms with E-state index in [1.165, 1.54) is 31.4 Å². The van der Waals surface area contributed by atoms with Gasteiger partial charge in [-0.2, -0.15) is 13.2 Å². The van der Waals surface area contributed by atoms with Crippen LogP contribution in [0.2, 0.25) is 0 Å². The zero-order valence-corrected chi connectivity index (χ0v) is 14.3. The molecule has 138 valence electrons. The first-order chi connectivity index (χ1) is 12.9. The number of hydrogen-bond acceptors (Lipinski definition) is 3. The summed E-state index contributed by atoms with van der Waals surface area (Å²) in [4.78, 5) is 12.2. The fourth-order valence-electron chi connectivity index (χ4n) is 2.46. The second-order valence-electron chi connectivity index (χ2n) is 5.71. The van der Waals surface area contributed by atoms with Gasteiger partial charge < -0.3 is 9.15 Å². The number of ketones is 1. The molecule has 0 unspecified atom stereocenters. The van der Waals surface area contributed by atoms with Gasteiger partial charge in [0.2, 0.25) is 0 Å². The Kier molecular flexibility index (Phi) is 5.16. The molecule has 0 fully saturated rings. The molecule has 0 aliphatic heterocycles. The first-order valence-corrected chi connectivity index (χ1v) is 8.01. The lowest BCUT2D eigenvalue weighted by molar-refractivity contribution is -0.137. The van der Waals surface area contributed by atoms with Gasteiger partial charge in [-0.15, -0.1) is 0 Å². The minimum atomic E-state index is -4.42. The minimum absolute atomic E-state index is 0.227. The Bertz CT molecular complexity index is 967. The van der Waals surface area contributed by atoms with Crippen LogP contribution in [0.15, 0.2) is 71.2 Å². The topological polar surface area (TPSA) is 39.4 Å². The summed E-state index contributed by atoms with van der Waals surface area (Å²) in [6.07, 6.45) is -1.60. The number of carbonyl (C=O) groups is 1. The van der Waals surface area contributed by atoms with Crippen LogP contribution in [0.25, 0.3) is 17.4 Å². The number of ether oxygens (including phenoxy) is 1. The number of benzene rings is 2. The predicted octanol–water partition coefficient (Wildman–Crippen LogP) is 5.87. The number of rotatable bonds is 5. The smallest absolute Gasteiger partial charge is 0.416 e. The summed E-state index contributed by atoms with van der Waals surface area (Å²) >= 11 is 0. The molecule has 3 aromatic rings. The molecule has 0 spiro atoms. The molecule has 1 aromatic heterocycles. The van der Waals surface area contributed by atoms with Crippen LogP contribution in [-0.2, 0) is 6.18 Å². The van der Waals surface area contributed by atoms with Gasteiger partial charge in [0.25, 0.3) is 0 Å². The molecule has 0 saturated heterocycles. The van der Waals surface area contributed by atoms with Crippen molar-refractivity contribution < 1.29 is 27.1 Å². The molecule has 0 aliphatic rings. The highest BCUT2D eigenvalue weighted by atomic mass is 19.4. The first-order valence-electron chi connectivity index (χ1n) is 8.01. The third-order valence-corrected chi connectivity index (χ3v) is 3.87. The maximum Gasteiger partial charge on any atom is 0.416 e. The van der Waals surface area contributed by atoms with Gasteiger partial charge in [-0.25, -0.2) is 0 Å². The molecule has 1 heterocycles. The second kappa shape index (κ2) is 7.53. The van der Waals surface area contributed by atoms with Crippen molar-refractivity contribution in [1.29, 1.82) is 0 Å². The van der Waals surface area contributed by atoms with E-state index in [-0.39, 0.29) is 11.5 Å². The van der Waals surface area contributed by atoms with Gasteiger partial charge in [-0.05, 0) is 60.7 Å². The summed E-state index contributed by atoms with van der Waals surface area (Å²) in [5.41, 5.74) is 0.0471. The van der Waals surface area contributed by atoms with Crippen molar-refractivity contribution in [3.05, 3.63) is 83.6 Å². The number of furan rings is 1. The van der Waals surface area contributed by atoms with E-state index in [9.17, 15) is 18.0 Å². The van der Waals surface area contributed by atoms with Crippen LogP contribution in [0, 0.1) is 0 Å². The van der Waals surface area contributed by atoms with Crippen molar-refractivity contribution >= 4 is 11.9 Å². The molecule has 0 bridgehead atoms. The molecule has 0 atom stereocenters. The third kappa shape index (κ3) is 4.47. The highest BCUT2D eigenvalue weighted by molar-refractivity contribution is 6.06. The maximum absolute atomic E-state index is 12.8. The van der Waals surface area contributed by atoms with Gasteiger partial charge in [0, 0.05) is 11.1 Å². The zero-order valence-electron chi connectivity index (χ0n) is 14.3. The van der Waals surface area contributed by atoms with Crippen molar-refractivity contribution in [3.63, 3.8) is 0 Å². The van der Waals surface area contributed by atoms with Crippen LogP contribution in [0.3, 0.4) is 0 Å². The molecule has 3 rings (SSSR count). The van der Waals surface area contributed by atoms with Gasteiger partial charge in [0.05, 0.1) is 12.7 Å². The fourth-order valence-corrected chi connectivity index (χ4v) is 2.46. The van der Waals surface area contributed by atoms with E-state index in [1.54, 1.807) is 36.4 Å². The molecule has 2 aromatic carbocycles. The maximum atomic E-state index is 12.8. The summed E-state index contributed by atoms with van der Waals surface area (Å²) in [5, 5.41) is 0. The van der Waals surface area contributed by atoms with E-state index in [0.717, 1.165) is 12.1 Å². The summed E-state index contributed by atoms with van der Waals surface area (Å²) in [6.45, 7) is 0. The highest BCUT2D eigenvalue weighted by Crippen LogP contribution is 2.32. The lowest BCUT2D eigenvalue weighted by Gasteiger charge is -2.07. The summed E-state index contributed by atoms with van der Waals surface area (Å²) < 4.78 is 49.0. The number of methoxy groups -OCH3 is 1. The molecule has 0 N–H and O–H groups in total. The van der Waals surface area contributed by atoms with Gasteiger partial charge in [-0.3, -0.25) is 4.79 Å². The average molecular weight is 372 g/mol. The molecule has 27 heavy (non-hydrogen) atoms. The van der Waals surface area contributed by atoms with Crippen LogP contribution >= 0.6 is 0 Å². The molecule has 6 heteroatoms. The van der Waals surface area contributed by atoms with Gasteiger partial charge in [-0.1, -0.05) is 12.1 Å². The highest BCUT2D eigenvalue weighted by Gasteiger charge is 2.30. The van der Waals surface area contributed by atoms with E-state index < -0.39 is 11.7 Å². The van der Waals surface area contributed by atoms with Crippen LogP contribution in [0.1, 0.15) is 21.7 Å². The molecular formula is C21H15F3O3. The number of alkyl halides is 3. The van der Waals surface area contributed by atoms with Gasteiger partial charge in [0.1, 0.15) is 17.3 Å². The van der Waals surface area contributed by atoms with Gasteiger partial charge in [0.15, 0.2) is 5.78 Å². The standard InChI is InChI=1S/C21H15F3O3/c1-26-17-7-5-14(6-8-17)19(25)11-9-18-10-12-20(27-18)15-3-2-4-16(13-15)21(22,23)24/h2-13H,1H3/b11-9+. The van der Waals surface area contributed by atoms with E-state index in [0.29, 0.717) is 22.6 Å². The fraction of sp³-hybridized carbons (Fsp3) is 0.0952. The van der Waals surface area contributed by atoms with Crippen LogP contribution < -0.4 is 4.74 Å². The van der Waals surface area contributed by atoms with Crippen molar-refractivity contribution in [2.24, 2.45) is 0 Å². The minimum Gasteiger partial charge on any atom is -0.497 e. The van der Waals surface area contributed by atoms with E-state index >= 15 is 0 Å². The molecule has 0 saturated carbocycles. The SMILES string of the molecule is COc1ccc(C(=O)/C=C/c2ccc(-c3cccc(C(F)(F)F)c3)o2)cc1. The Morgan fingerprint density at radius 1 is 1.04 bits per heavy atom. The Morgan fingerprint density at radius 2 is 1.78 bits per heavy atom. The van der Waals surface area contributed by atoms with Gasteiger partial charge >= 0.3 is 6.18 Å². The summed E-state index contributed by atoms with van der Waals surface area (Å²) in [7, 11) is 1.54. The average Bonchev–Trinajstić information content (AvgIpc) is 3.15. The lowest BCUT2D eigenvalue weighted by atomic mass is 10.1. The third-order valence-electron chi connectivity index (χ3n) is 3.87. The Labute approximate surface area is 153 Å². The van der Waals surface area contributed by atoms with Crippen molar-refractivity contribution in [3.8, 4) is 17.1 Å². The summed E-state index contributed by atoms with van der Waals surface area (Å²) in [6, 6.07) is 14.7. The Balaban J connectivity index is 1.76. The predicted molar refractivity (Wildman–Crippen MR) is 95.5 cm³/mol. The number of halogens is 3. The number of hydrogen-bond donors (Lipinski definition) is 0. The molecular weight excluding hydrogens is 357 g/mol. The quantitative estimate of drug-likeness (QED) is 0.415. The second-order valence-corrected chi connectivity index (χ2v) is 5.71. The van der Waals surface area contributed by atoms with Crippen molar-refractivity contribution in [2.45, 2.75) is 6.18 Å². The molecule has 0 radical (unpaired) electrons. The van der Waals surface area contributed by atoms with Crippen LogP contribution in [-0.4, -0.2) is 12.9 Å². The molecule has 0 aliphatic carbocycles. The number of carbonyl (C=O) groups excluding carboxylic acids is 1. The molecule has 3 nitrogen and oxygen atoms in total. The zero-order chi connectivity index (χ0) is 19.4.